The van der Waals surface area contributed by atoms with Crippen LogP contribution in [0.25, 0.3) is 11.0 Å². The molecule has 22 heavy (non-hydrogen) atoms. The van der Waals surface area contributed by atoms with E-state index in [9.17, 15) is 9.59 Å². The predicted molar refractivity (Wildman–Crippen MR) is 80.9 cm³/mol. The van der Waals surface area contributed by atoms with Gasteiger partial charge in [0, 0.05) is 6.54 Å². The van der Waals surface area contributed by atoms with E-state index < -0.39 is 5.97 Å². The van der Waals surface area contributed by atoms with Crippen LogP contribution in [-0.4, -0.2) is 22.1 Å². The van der Waals surface area contributed by atoms with Crippen molar-refractivity contribution in [2.45, 2.75) is 19.9 Å². The number of nitrogens with zero attached hydrogens (tertiary/aromatic N) is 1. The van der Waals surface area contributed by atoms with Gasteiger partial charge >= 0.3 is 11.7 Å². The van der Waals surface area contributed by atoms with Crippen LogP contribution in [0.15, 0.2) is 45.6 Å². The molecule has 6 heteroatoms. The van der Waals surface area contributed by atoms with E-state index in [1.54, 1.807) is 23.6 Å². The molecule has 114 valence electrons. The fourth-order valence-electron chi connectivity index (χ4n) is 2.33. The van der Waals surface area contributed by atoms with E-state index in [0.717, 1.165) is 11.0 Å². The van der Waals surface area contributed by atoms with Crippen molar-refractivity contribution in [1.82, 2.24) is 9.55 Å². The van der Waals surface area contributed by atoms with E-state index in [4.69, 9.17) is 9.15 Å². The number of esters is 1. The third-order valence-electron chi connectivity index (χ3n) is 3.38. The first kappa shape index (κ1) is 14.2. The van der Waals surface area contributed by atoms with Gasteiger partial charge in [-0.2, -0.15) is 0 Å². The van der Waals surface area contributed by atoms with Crippen LogP contribution < -0.4 is 5.69 Å². The zero-order valence-corrected chi connectivity index (χ0v) is 12.2. The van der Waals surface area contributed by atoms with Crippen LogP contribution in [0.3, 0.4) is 0 Å². The molecule has 0 spiro atoms. The van der Waals surface area contributed by atoms with Crippen molar-refractivity contribution in [2.24, 2.45) is 0 Å². The van der Waals surface area contributed by atoms with Gasteiger partial charge in [-0.1, -0.05) is 12.1 Å². The minimum Gasteiger partial charge on any atom is -0.460 e. The highest BCUT2D eigenvalue weighted by atomic mass is 16.5. The molecule has 0 aliphatic heterocycles. The number of aryl methyl sites for hydroxylation is 2. The molecule has 0 saturated heterocycles. The largest absolute Gasteiger partial charge is 0.460 e. The SMILES string of the molecule is Cc1ccc(C(=O)OCCCn2c(=O)[nH]c3ccccc32)o1. The maximum Gasteiger partial charge on any atom is 0.374 e. The molecule has 2 aromatic heterocycles. The third-order valence-corrected chi connectivity index (χ3v) is 3.38. The maximum atomic E-state index is 11.9. The molecule has 1 N–H and O–H groups in total. The minimum absolute atomic E-state index is 0.158. The molecular weight excluding hydrogens is 284 g/mol. The van der Waals surface area contributed by atoms with E-state index in [1.807, 2.05) is 24.3 Å². The van der Waals surface area contributed by atoms with Gasteiger partial charge in [-0.25, -0.2) is 9.59 Å². The molecule has 0 aliphatic rings. The molecule has 0 unspecified atom stereocenters. The van der Waals surface area contributed by atoms with Crippen LogP contribution in [0, 0.1) is 6.92 Å². The first-order chi connectivity index (χ1) is 10.6. The highest BCUT2D eigenvalue weighted by Gasteiger charge is 2.11. The summed E-state index contributed by atoms with van der Waals surface area (Å²) in [6.45, 7) is 2.47. The quantitative estimate of drug-likeness (QED) is 0.580. The van der Waals surface area contributed by atoms with Gasteiger partial charge in [-0.3, -0.25) is 4.57 Å². The van der Waals surface area contributed by atoms with Crippen LogP contribution in [0.2, 0.25) is 0 Å². The van der Waals surface area contributed by atoms with Crippen LogP contribution in [0.5, 0.6) is 0 Å². The van der Waals surface area contributed by atoms with Gasteiger partial charge in [0.1, 0.15) is 5.76 Å². The molecule has 2 heterocycles. The molecular formula is C16H16N2O4. The molecule has 1 aromatic carbocycles. The number of carbonyl (C=O) groups excluding carboxylic acids is 1. The summed E-state index contributed by atoms with van der Waals surface area (Å²) in [4.78, 5) is 26.4. The molecule has 6 nitrogen and oxygen atoms in total. The lowest BCUT2D eigenvalue weighted by atomic mass is 10.3. The van der Waals surface area contributed by atoms with Gasteiger partial charge < -0.3 is 14.1 Å². The number of hydrogen-bond acceptors (Lipinski definition) is 4. The summed E-state index contributed by atoms with van der Waals surface area (Å²) in [6.07, 6.45) is 0.549. The average Bonchev–Trinajstić information content (AvgIpc) is 3.07. The lowest BCUT2D eigenvalue weighted by Gasteiger charge is -2.04. The molecule has 0 bridgehead atoms. The van der Waals surface area contributed by atoms with Crippen LogP contribution in [0.1, 0.15) is 22.7 Å². The summed E-state index contributed by atoms with van der Waals surface area (Å²) in [7, 11) is 0. The second-order valence-electron chi connectivity index (χ2n) is 5.00. The Morgan fingerprint density at radius 3 is 2.86 bits per heavy atom. The number of nitrogens with one attached hydrogen (secondary N) is 1. The molecule has 0 amide bonds. The van der Waals surface area contributed by atoms with Crippen molar-refractivity contribution in [1.29, 1.82) is 0 Å². The van der Waals surface area contributed by atoms with Crippen molar-refractivity contribution in [3.63, 3.8) is 0 Å². The summed E-state index contributed by atoms with van der Waals surface area (Å²) in [5.41, 5.74) is 1.49. The summed E-state index contributed by atoms with van der Waals surface area (Å²) in [5.74, 6) is 0.374. The summed E-state index contributed by atoms with van der Waals surface area (Å²) < 4.78 is 12.0. The van der Waals surface area contributed by atoms with E-state index in [0.29, 0.717) is 18.7 Å². The number of aromatic nitrogens is 2. The second kappa shape index (κ2) is 5.93. The third kappa shape index (κ3) is 2.81. The molecule has 0 saturated carbocycles. The topological polar surface area (TPSA) is 77.2 Å². The molecule has 0 radical (unpaired) electrons. The summed E-state index contributed by atoms with van der Waals surface area (Å²) in [6, 6.07) is 10.8. The second-order valence-corrected chi connectivity index (χ2v) is 5.00. The predicted octanol–water partition coefficient (Wildman–Crippen LogP) is 2.48. The number of ether oxygens (including phenoxy) is 1. The van der Waals surface area contributed by atoms with Crippen molar-refractivity contribution < 1.29 is 13.9 Å². The van der Waals surface area contributed by atoms with Gasteiger partial charge in [0.25, 0.3) is 0 Å². The van der Waals surface area contributed by atoms with Gasteiger partial charge in [0.2, 0.25) is 5.76 Å². The maximum absolute atomic E-state index is 11.9. The standard InChI is InChI=1S/C16H16N2O4/c1-11-7-8-14(22-11)15(19)21-10-4-9-18-13-6-3-2-5-12(13)17-16(18)20/h2-3,5-8H,4,9-10H2,1H3,(H,17,20). The Labute approximate surface area is 126 Å². The van der Waals surface area contributed by atoms with Gasteiger partial charge in [-0.15, -0.1) is 0 Å². The summed E-state index contributed by atoms with van der Waals surface area (Å²) in [5, 5.41) is 0. The van der Waals surface area contributed by atoms with E-state index in [-0.39, 0.29) is 18.1 Å². The highest BCUT2D eigenvalue weighted by molar-refractivity contribution is 5.86. The van der Waals surface area contributed by atoms with Gasteiger partial charge in [0.05, 0.1) is 17.6 Å². The Bertz CT molecular complexity index is 856. The molecule has 3 rings (SSSR count). The Balaban J connectivity index is 1.58. The highest BCUT2D eigenvalue weighted by Crippen LogP contribution is 2.10. The van der Waals surface area contributed by atoms with Gasteiger partial charge in [0.15, 0.2) is 0 Å². The van der Waals surface area contributed by atoms with Crippen molar-refractivity contribution in [2.75, 3.05) is 6.61 Å². The smallest absolute Gasteiger partial charge is 0.374 e. The van der Waals surface area contributed by atoms with Crippen molar-refractivity contribution in [3.05, 3.63) is 58.4 Å². The first-order valence-electron chi connectivity index (χ1n) is 7.06. The Morgan fingerprint density at radius 1 is 1.27 bits per heavy atom. The molecule has 0 atom stereocenters. The minimum atomic E-state index is -0.487. The fourth-order valence-corrected chi connectivity index (χ4v) is 2.33. The average molecular weight is 300 g/mol. The Morgan fingerprint density at radius 2 is 2.09 bits per heavy atom. The lowest BCUT2D eigenvalue weighted by Crippen LogP contribution is -2.18. The fraction of sp³-hybridized carbons (Fsp3) is 0.250. The zero-order valence-electron chi connectivity index (χ0n) is 12.2. The molecule has 0 aliphatic carbocycles. The van der Waals surface area contributed by atoms with Crippen LogP contribution in [-0.2, 0) is 11.3 Å². The number of carbonyl (C=O) groups is 1. The lowest BCUT2D eigenvalue weighted by molar-refractivity contribution is 0.0458. The number of hydrogen-bond donors (Lipinski definition) is 1. The van der Waals surface area contributed by atoms with Crippen molar-refractivity contribution >= 4 is 17.0 Å². The van der Waals surface area contributed by atoms with E-state index in [1.165, 1.54) is 0 Å². The number of furan rings is 1. The number of H-pyrrole nitrogens is 1. The Hall–Kier alpha value is -2.76. The molecule has 0 fully saturated rings. The normalized spacial score (nSPS) is 11.0. The number of fused-ring (bicyclic) bond motifs is 1. The van der Waals surface area contributed by atoms with E-state index in [2.05, 4.69) is 4.98 Å². The number of benzene rings is 1. The van der Waals surface area contributed by atoms with E-state index >= 15 is 0 Å². The number of para-hydroxylation sites is 2. The first-order valence-corrected chi connectivity index (χ1v) is 7.06. The zero-order chi connectivity index (χ0) is 15.5. The molecule has 3 aromatic rings. The van der Waals surface area contributed by atoms with Gasteiger partial charge in [-0.05, 0) is 37.6 Å². The number of imidazole rings is 1. The monoisotopic (exact) mass is 300 g/mol. The van der Waals surface area contributed by atoms with Crippen LogP contribution >= 0.6 is 0 Å². The van der Waals surface area contributed by atoms with Crippen molar-refractivity contribution in [3.8, 4) is 0 Å². The number of aromatic amines is 1. The Kier molecular flexibility index (Phi) is 3.82. The number of rotatable bonds is 5. The summed E-state index contributed by atoms with van der Waals surface area (Å²) >= 11 is 0. The van der Waals surface area contributed by atoms with Crippen LogP contribution in [0.4, 0.5) is 0 Å².